The first-order chi connectivity index (χ1) is 24.0. The van der Waals surface area contributed by atoms with Crippen molar-refractivity contribution < 1.29 is 58.7 Å². The first kappa shape index (κ1) is 41.7. The molecule has 0 unspecified atom stereocenters. The molecule has 0 amide bonds. The highest BCUT2D eigenvalue weighted by Gasteiger charge is 2.27. The average Bonchev–Trinajstić information content (AvgIpc) is 3.14. The van der Waals surface area contributed by atoms with Crippen molar-refractivity contribution in [3.8, 4) is 5.75 Å². The maximum atomic E-state index is 12.2. The van der Waals surface area contributed by atoms with Gasteiger partial charge >= 0.3 is 32.2 Å². The van der Waals surface area contributed by atoms with Gasteiger partial charge in [0, 0.05) is 26.2 Å². The van der Waals surface area contributed by atoms with Crippen LogP contribution >= 0.6 is 0 Å². The van der Waals surface area contributed by atoms with Gasteiger partial charge in [0.15, 0.2) is 0 Å². The molecule has 0 N–H and O–H groups in total. The summed E-state index contributed by atoms with van der Waals surface area (Å²) in [5, 5.41) is 7.06. The highest BCUT2D eigenvalue weighted by Crippen LogP contribution is 2.18. The molecule has 278 valence electrons. The fraction of sp³-hybridized carbons (Fsp3) is 0.484. The van der Waals surface area contributed by atoms with Crippen LogP contribution in [0.1, 0.15) is 26.3 Å². The van der Waals surface area contributed by atoms with E-state index in [9.17, 15) is 26.4 Å². The third-order valence-corrected chi connectivity index (χ3v) is 8.55. The molecule has 0 saturated carbocycles. The predicted molar refractivity (Wildman–Crippen MR) is 181 cm³/mol. The van der Waals surface area contributed by atoms with E-state index in [1.807, 2.05) is 13.8 Å². The van der Waals surface area contributed by atoms with Crippen LogP contribution in [-0.4, -0.2) is 124 Å². The van der Waals surface area contributed by atoms with Crippen LogP contribution in [0, 0.1) is 0 Å². The van der Waals surface area contributed by atoms with E-state index in [4.69, 9.17) is 23.2 Å². The molecule has 2 aliphatic rings. The van der Waals surface area contributed by atoms with Crippen molar-refractivity contribution in [2.24, 2.45) is 10.3 Å². The lowest BCUT2D eigenvalue weighted by Crippen LogP contribution is -2.45. The van der Waals surface area contributed by atoms with Gasteiger partial charge in [-0.1, -0.05) is 44.2 Å². The summed E-state index contributed by atoms with van der Waals surface area (Å²) in [5.41, 5.74) is 0.564. The summed E-state index contributed by atoms with van der Waals surface area (Å²) in [5.74, 6) is -1.75. The number of oxime groups is 2. The second-order valence-corrected chi connectivity index (χ2v) is 12.8. The molecule has 17 nitrogen and oxygen atoms in total. The monoisotopic (exact) mass is 744 g/mol. The van der Waals surface area contributed by atoms with Crippen LogP contribution in [0.3, 0.4) is 0 Å². The molecule has 2 fully saturated rings. The Labute approximate surface area is 292 Å². The fourth-order valence-corrected chi connectivity index (χ4v) is 5.61. The van der Waals surface area contributed by atoms with Crippen LogP contribution in [0.25, 0.3) is 0 Å². The van der Waals surface area contributed by atoms with Gasteiger partial charge < -0.3 is 33.5 Å². The first-order valence-corrected chi connectivity index (χ1v) is 18.6. The third kappa shape index (κ3) is 13.8. The quantitative estimate of drug-likeness (QED) is 0.156. The normalized spacial score (nSPS) is 15.3. The molecular formula is C31H44N4O13S2. The highest BCUT2D eigenvalue weighted by atomic mass is 32.2. The van der Waals surface area contributed by atoms with Gasteiger partial charge in [0.05, 0.1) is 47.3 Å². The number of esters is 2. The van der Waals surface area contributed by atoms with E-state index in [2.05, 4.69) is 19.3 Å². The second-order valence-electron chi connectivity index (χ2n) is 9.71. The predicted octanol–water partition coefficient (Wildman–Crippen LogP) is 1.99. The van der Waals surface area contributed by atoms with Gasteiger partial charge in [-0.15, -0.1) is 0 Å². The molecular weight excluding hydrogens is 700 g/mol. The number of amidine groups is 2. The van der Waals surface area contributed by atoms with Gasteiger partial charge in [-0.05, 0) is 47.1 Å². The molecule has 2 saturated heterocycles. The van der Waals surface area contributed by atoms with Crippen LogP contribution in [0.4, 0.5) is 0 Å². The van der Waals surface area contributed by atoms with Gasteiger partial charge in [0.1, 0.15) is 16.4 Å². The molecule has 0 spiro atoms. The maximum absolute atomic E-state index is 12.2. The molecule has 2 aromatic rings. The summed E-state index contributed by atoms with van der Waals surface area (Å²) in [6.45, 7) is 8.93. The second kappa shape index (κ2) is 21.6. The van der Waals surface area contributed by atoms with Gasteiger partial charge in [0.2, 0.25) is 0 Å². The van der Waals surface area contributed by atoms with Crippen LogP contribution in [0.2, 0.25) is 0 Å². The van der Waals surface area contributed by atoms with Crippen molar-refractivity contribution in [1.29, 1.82) is 0 Å². The van der Waals surface area contributed by atoms with Crippen LogP contribution in [-0.2, 0) is 63.1 Å². The fourth-order valence-electron chi connectivity index (χ4n) is 4.05. The van der Waals surface area contributed by atoms with Crippen molar-refractivity contribution in [3.05, 3.63) is 60.2 Å². The number of hydrogen-bond donors (Lipinski definition) is 0. The van der Waals surface area contributed by atoms with E-state index >= 15 is 0 Å². The van der Waals surface area contributed by atoms with E-state index in [1.165, 1.54) is 38.5 Å². The summed E-state index contributed by atoms with van der Waals surface area (Å²) in [6.07, 6.45) is 0. The molecule has 0 radical (unpaired) electrons. The molecule has 19 heteroatoms. The first-order valence-electron chi connectivity index (χ1n) is 15.6. The van der Waals surface area contributed by atoms with Crippen molar-refractivity contribution in [2.75, 3.05) is 73.4 Å². The lowest BCUT2D eigenvalue weighted by Gasteiger charge is -2.27. The van der Waals surface area contributed by atoms with E-state index < -0.39 is 32.2 Å². The molecule has 4 rings (SSSR count). The smallest absolute Gasteiger partial charge is 0.377 e. The SMILES string of the molecule is CC.CCOC(=O)/C(=N/OS(=O)(=O)c1ccc(OC)cc1)N1CCOCC1.COC(=O)/C(=N/OS(=O)(=O)Cc1ccccc1)N1CCOCC1. The lowest BCUT2D eigenvalue weighted by atomic mass is 10.2. The van der Waals surface area contributed by atoms with E-state index in [0.717, 1.165) is 0 Å². The van der Waals surface area contributed by atoms with Crippen LogP contribution < -0.4 is 4.74 Å². The van der Waals surface area contributed by atoms with E-state index in [-0.39, 0.29) is 28.9 Å². The Morgan fingerprint density at radius 3 is 1.72 bits per heavy atom. The number of carbonyl (C=O) groups excluding carboxylic acids is 2. The van der Waals surface area contributed by atoms with Gasteiger partial charge in [-0.2, -0.15) is 16.8 Å². The van der Waals surface area contributed by atoms with Crippen molar-refractivity contribution in [2.45, 2.75) is 31.4 Å². The number of morpholine rings is 2. The topological polar surface area (TPSA) is 198 Å². The van der Waals surface area contributed by atoms with Crippen LogP contribution in [0.15, 0.2) is 69.8 Å². The number of hydrogen-bond acceptors (Lipinski definition) is 15. The number of benzene rings is 2. The average molecular weight is 745 g/mol. The Morgan fingerprint density at radius 2 is 1.24 bits per heavy atom. The molecule has 0 bridgehead atoms. The standard InChI is InChI=1S/C15H20N2O7S.C14H18N2O6S.C2H6/c1-3-23-15(18)14(17-8-10-22-11-9-17)16-24-25(19,20)13-6-4-12(21-2)5-7-13;1-20-14(17)13(16-7-9-21-10-8-16)15-22-23(18,19)11-12-5-3-2-4-6-12;1-2/h4-7H,3,8-11H2,1-2H3;2-6H,7-11H2,1H3;1-2H3/b16-14-;15-13-;. The zero-order chi connectivity index (χ0) is 37.0. The number of nitrogens with zero attached hydrogens (tertiary/aromatic N) is 4. The van der Waals surface area contributed by atoms with Gasteiger partial charge in [0.25, 0.3) is 11.7 Å². The Bertz CT molecular complexity index is 1610. The maximum Gasteiger partial charge on any atom is 0.377 e. The minimum Gasteiger partial charge on any atom is -0.497 e. The Balaban J connectivity index is 0.000000331. The van der Waals surface area contributed by atoms with E-state index in [1.54, 1.807) is 47.1 Å². The molecule has 0 atom stereocenters. The number of methoxy groups -OCH3 is 2. The highest BCUT2D eigenvalue weighted by molar-refractivity contribution is 7.86. The number of carbonyl (C=O) groups is 2. The summed E-state index contributed by atoms with van der Waals surface area (Å²) in [7, 11) is -5.48. The van der Waals surface area contributed by atoms with Crippen molar-refractivity contribution >= 4 is 43.8 Å². The van der Waals surface area contributed by atoms with E-state index in [0.29, 0.717) is 63.9 Å². The summed E-state index contributed by atoms with van der Waals surface area (Å²) < 4.78 is 82.7. The Morgan fingerprint density at radius 1 is 0.740 bits per heavy atom. The number of ether oxygens (including phenoxy) is 5. The summed E-state index contributed by atoms with van der Waals surface area (Å²) in [6, 6.07) is 14.2. The Hall–Kier alpha value is -4.46. The van der Waals surface area contributed by atoms with Gasteiger partial charge in [-0.25, -0.2) is 9.59 Å². The largest absolute Gasteiger partial charge is 0.497 e. The Kier molecular flexibility index (Phi) is 18.0. The molecule has 50 heavy (non-hydrogen) atoms. The minimum absolute atomic E-state index is 0.109. The molecule has 2 aromatic carbocycles. The summed E-state index contributed by atoms with van der Waals surface area (Å²) >= 11 is 0. The minimum atomic E-state index is -4.18. The van der Waals surface area contributed by atoms with Crippen LogP contribution in [0.5, 0.6) is 5.75 Å². The van der Waals surface area contributed by atoms with Crippen molar-refractivity contribution in [3.63, 3.8) is 0 Å². The third-order valence-electron chi connectivity index (χ3n) is 6.44. The molecule has 2 heterocycles. The van der Waals surface area contributed by atoms with Crippen molar-refractivity contribution in [1.82, 2.24) is 9.80 Å². The summed E-state index contributed by atoms with van der Waals surface area (Å²) in [4.78, 5) is 26.8. The van der Waals surface area contributed by atoms with Gasteiger partial charge in [-0.3, -0.25) is 8.57 Å². The zero-order valence-corrected chi connectivity index (χ0v) is 30.3. The zero-order valence-electron chi connectivity index (χ0n) is 28.7. The molecule has 0 aromatic heterocycles. The molecule has 2 aliphatic heterocycles. The molecule has 0 aliphatic carbocycles. The number of rotatable bonds is 9. The lowest BCUT2D eigenvalue weighted by molar-refractivity contribution is -0.136.